The first-order valence-electron chi connectivity index (χ1n) is 8.48. The van der Waals surface area contributed by atoms with Crippen LogP contribution in [0.1, 0.15) is 44.6 Å². The zero-order valence-electron chi connectivity index (χ0n) is 14.3. The van der Waals surface area contributed by atoms with Crippen LogP contribution >= 0.6 is 0 Å². The number of unbranched alkanes of at least 4 members (excludes halogenated alkanes) is 4. The van der Waals surface area contributed by atoms with Gasteiger partial charge in [0.15, 0.2) is 11.5 Å². The summed E-state index contributed by atoms with van der Waals surface area (Å²) in [6.45, 7) is 2.18. The molecule has 0 atom stereocenters. The van der Waals surface area contributed by atoms with Crippen molar-refractivity contribution in [1.82, 2.24) is 0 Å². The van der Waals surface area contributed by atoms with Crippen LogP contribution in [-0.4, -0.2) is 18.1 Å². The molecule has 2 aromatic rings. The summed E-state index contributed by atoms with van der Waals surface area (Å²) < 4.78 is 37.5. The van der Waals surface area contributed by atoms with E-state index in [9.17, 15) is 18.1 Å². The number of phenolic OH excluding ortho intramolecular Hbond substituents is 1. The highest BCUT2D eigenvalue weighted by Crippen LogP contribution is 2.34. The minimum Gasteiger partial charge on any atom is -0.504 e. The van der Waals surface area contributed by atoms with Crippen LogP contribution in [0.3, 0.4) is 0 Å². The van der Waals surface area contributed by atoms with Crippen LogP contribution in [0, 0.1) is 0 Å². The number of rotatable bonds is 9. The van der Waals surface area contributed by atoms with Gasteiger partial charge in [-0.25, -0.2) is 0 Å². The van der Waals surface area contributed by atoms with Gasteiger partial charge in [0, 0.05) is 0 Å². The smallest absolute Gasteiger partial charge is 0.298 e. The van der Waals surface area contributed by atoms with Crippen molar-refractivity contribution in [2.75, 3.05) is 0 Å². The van der Waals surface area contributed by atoms with E-state index in [2.05, 4.69) is 6.92 Å². The van der Waals surface area contributed by atoms with E-state index < -0.39 is 10.1 Å². The average molecular weight is 364 g/mol. The molecule has 136 valence electrons. The Morgan fingerprint density at radius 3 is 2.36 bits per heavy atom. The number of hydrogen-bond donors (Lipinski definition) is 2. The monoisotopic (exact) mass is 364 g/mol. The molecule has 0 spiro atoms. The fourth-order valence-electron chi connectivity index (χ4n) is 2.60. The van der Waals surface area contributed by atoms with Gasteiger partial charge in [-0.3, -0.25) is 4.55 Å². The molecular weight excluding hydrogens is 340 g/mol. The van der Waals surface area contributed by atoms with Crippen LogP contribution in [0.4, 0.5) is 0 Å². The molecule has 0 aliphatic rings. The molecule has 0 amide bonds. The van der Waals surface area contributed by atoms with Gasteiger partial charge in [0.1, 0.15) is 10.6 Å². The number of benzene rings is 2. The predicted molar refractivity (Wildman–Crippen MR) is 96.9 cm³/mol. The molecule has 0 bridgehead atoms. The van der Waals surface area contributed by atoms with Crippen molar-refractivity contribution in [3.05, 3.63) is 48.0 Å². The summed E-state index contributed by atoms with van der Waals surface area (Å²) in [5.74, 6) is 0.0506. The number of aromatic hydroxyl groups is 1. The molecule has 2 rings (SSSR count). The Labute approximate surface area is 149 Å². The highest BCUT2D eigenvalue weighted by atomic mass is 32.2. The molecule has 2 N–H and O–H groups in total. The molecule has 2 aromatic carbocycles. The molecule has 0 aliphatic heterocycles. The highest BCUT2D eigenvalue weighted by Gasteiger charge is 2.17. The Kier molecular flexibility index (Phi) is 6.84. The fraction of sp³-hybridized carbons (Fsp3) is 0.368. The van der Waals surface area contributed by atoms with Gasteiger partial charge in [0.25, 0.3) is 10.1 Å². The molecule has 5 nitrogen and oxygen atoms in total. The Morgan fingerprint density at radius 1 is 0.960 bits per heavy atom. The third kappa shape index (κ3) is 5.76. The first-order chi connectivity index (χ1) is 11.9. The summed E-state index contributed by atoms with van der Waals surface area (Å²) in [6, 6.07) is 10.8. The van der Waals surface area contributed by atoms with E-state index in [1.54, 1.807) is 18.2 Å². The van der Waals surface area contributed by atoms with Crippen LogP contribution < -0.4 is 4.74 Å². The second-order valence-corrected chi connectivity index (χ2v) is 7.38. The molecule has 0 heterocycles. The molecule has 25 heavy (non-hydrogen) atoms. The largest absolute Gasteiger partial charge is 0.504 e. The van der Waals surface area contributed by atoms with Crippen molar-refractivity contribution in [3.63, 3.8) is 0 Å². The number of aryl methyl sites for hydroxylation is 1. The minimum absolute atomic E-state index is 0.0346. The number of ether oxygens (including phenoxy) is 1. The summed E-state index contributed by atoms with van der Waals surface area (Å²) in [6.07, 6.45) is 6.76. The SMILES string of the molecule is CCCCCCCc1ccc(Oc2ccccc2S(=O)(=O)O)c(O)c1. The molecule has 6 heteroatoms. The summed E-state index contributed by atoms with van der Waals surface area (Å²) >= 11 is 0. The van der Waals surface area contributed by atoms with Gasteiger partial charge in [-0.1, -0.05) is 50.8 Å². The van der Waals surface area contributed by atoms with Crippen molar-refractivity contribution < 1.29 is 22.8 Å². The van der Waals surface area contributed by atoms with Gasteiger partial charge < -0.3 is 9.84 Å². The van der Waals surface area contributed by atoms with E-state index >= 15 is 0 Å². The lowest BCUT2D eigenvalue weighted by atomic mass is 10.1. The Balaban J connectivity index is 2.07. The Bertz CT molecular complexity index is 799. The molecule has 0 radical (unpaired) electrons. The van der Waals surface area contributed by atoms with Crippen LogP contribution in [0.25, 0.3) is 0 Å². The Hall–Kier alpha value is -2.05. The van der Waals surface area contributed by atoms with E-state index in [1.807, 2.05) is 6.07 Å². The van der Waals surface area contributed by atoms with E-state index in [4.69, 9.17) is 4.74 Å². The summed E-state index contributed by atoms with van der Waals surface area (Å²) in [5.41, 5.74) is 1.00. The van der Waals surface area contributed by atoms with Crippen molar-refractivity contribution in [3.8, 4) is 17.2 Å². The van der Waals surface area contributed by atoms with Gasteiger partial charge in [-0.15, -0.1) is 0 Å². The van der Waals surface area contributed by atoms with E-state index in [-0.39, 0.29) is 22.1 Å². The molecule has 0 saturated heterocycles. The van der Waals surface area contributed by atoms with Crippen LogP contribution in [0.15, 0.2) is 47.4 Å². The predicted octanol–water partition coefficient (Wildman–Crippen LogP) is 4.94. The van der Waals surface area contributed by atoms with Gasteiger partial charge in [0.05, 0.1) is 0 Å². The molecule has 0 aromatic heterocycles. The van der Waals surface area contributed by atoms with E-state index in [0.717, 1.165) is 24.8 Å². The van der Waals surface area contributed by atoms with Crippen molar-refractivity contribution in [2.45, 2.75) is 50.3 Å². The zero-order chi connectivity index (χ0) is 18.3. The lowest BCUT2D eigenvalue weighted by molar-refractivity contribution is 0.401. The molecule has 0 aliphatic carbocycles. The second kappa shape index (κ2) is 8.87. The maximum atomic E-state index is 11.4. The Morgan fingerprint density at radius 2 is 1.68 bits per heavy atom. The van der Waals surface area contributed by atoms with Crippen LogP contribution in [0.2, 0.25) is 0 Å². The van der Waals surface area contributed by atoms with Crippen LogP contribution in [-0.2, 0) is 16.5 Å². The second-order valence-electron chi connectivity index (χ2n) is 5.99. The average Bonchev–Trinajstić information content (AvgIpc) is 2.56. The third-order valence-corrected chi connectivity index (χ3v) is 4.83. The van der Waals surface area contributed by atoms with Crippen molar-refractivity contribution in [1.29, 1.82) is 0 Å². The first-order valence-corrected chi connectivity index (χ1v) is 9.92. The van der Waals surface area contributed by atoms with E-state index in [0.29, 0.717) is 0 Å². The first kappa shape index (κ1) is 19.3. The van der Waals surface area contributed by atoms with Crippen LogP contribution in [0.5, 0.6) is 17.2 Å². The number of hydrogen-bond acceptors (Lipinski definition) is 4. The maximum Gasteiger partial charge on any atom is 0.298 e. The standard InChI is InChI=1S/C19H24O5S/c1-2-3-4-5-6-9-15-12-13-17(16(20)14-15)24-18-10-7-8-11-19(18)25(21,22)23/h7-8,10-14,20H,2-6,9H2,1H3,(H,21,22,23). The molecule has 0 saturated carbocycles. The molecule has 0 fully saturated rings. The highest BCUT2D eigenvalue weighted by molar-refractivity contribution is 7.86. The van der Waals surface area contributed by atoms with Crippen molar-refractivity contribution >= 4 is 10.1 Å². The summed E-state index contributed by atoms with van der Waals surface area (Å²) in [7, 11) is -4.40. The van der Waals surface area contributed by atoms with Crippen molar-refractivity contribution in [2.24, 2.45) is 0 Å². The van der Waals surface area contributed by atoms with Gasteiger partial charge in [0.2, 0.25) is 0 Å². The summed E-state index contributed by atoms with van der Waals surface area (Å²) in [5, 5.41) is 10.2. The molecular formula is C19H24O5S. The lowest BCUT2D eigenvalue weighted by Crippen LogP contribution is -2.01. The fourth-order valence-corrected chi connectivity index (χ4v) is 3.22. The number of phenols is 1. The van der Waals surface area contributed by atoms with Gasteiger partial charge >= 0.3 is 0 Å². The third-order valence-electron chi connectivity index (χ3n) is 3.94. The topological polar surface area (TPSA) is 83.8 Å². The number of para-hydroxylation sites is 1. The van der Waals surface area contributed by atoms with Gasteiger partial charge in [-0.05, 0) is 42.7 Å². The summed E-state index contributed by atoms with van der Waals surface area (Å²) in [4.78, 5) is -0.339. The quantitative estimate of drug-likeness (QED) is 0.486. The minimum atomic E-state index is -4.40. The zero-order valence-corrected chi connectivity index (χ0v) is 15.1. The molecule has 0 unspecified atom stereocenters. The van der Waals surface area contributed by atoms with E-state index in [1.165, 1.54) is 37.5 Å². The van der Waals surface area contributed by atoms with Gasteiger partial charge in [-0.2, -0.15) is 8.42 Å². The lowest BCUT2D eigenvalue weighted by Gasteiger charge is -2.11. The maximum absolute atomic E-state index is 11.4. The normalized spacial score (nSPS) is 11.4.